The highest BCUT2D eigenvalue weighted by Gasteiger charge is 2.11. The van der Waals surface area contributed by atoms with E-state index in [-0.39, 0.29) is 19.1 Å². The topological polar surface area (TPSA) is 64.4 Å². The standard InChI is InChI=1S/C20H18N2O3/c1-14-12-18(15(2)25-14)20(23)22-9-3-4-11-24-17-8-7-16-6-5-10-21-19(16)13-17/h5-8,10,12-13H,9,11H2,1-2H3,(H,22,23). The molecule has 126 valence electrons. The van der Waals surface area contributed by atoms with Crippen molar-refractivity contribution in [3.63, 3.8) is 0 Å². The number of carbonyl (C=O) groups is 1. The summed E-state index contributed by atoms with van der Waals surface area (Å²) >= 11 is 0. The molecular weight excluding hydrogens is 316 g/mol. The molecule has 1 N–H and O–H groups in total. The number of furan rings is 1. The van der Waals surface area contributed by atoms with E-state index in [4.69, 9.17) is 9.15 Å². The van der Waals surface area contributed by atoms with Gasteiger partial charge < -0.3 is 14.5 Å². The van der Waals surface area contributed by atoms with E-state index >= 15 is 0 Å². The van der Waals surface area contributed by atoms with E-state index in [9.17, 15) is 4.79 Å². The zero-order valence-corrected chi connectivity index (χ0v) is 14.1. The molecule has 5 heteroatoms. The van der Waals surface area contributed by atoms with Crippen LogP contribution in [0.2, 0.25) is 0 Å². The first-order valence-electron chi connectivity index (χ1n) is 7.92. The second-order valence-electron chi connectivity index (χ2n) is 5.51. The quantitative estimate of drug-likeness (QED) is 0.744. The van der Waals surface area contributed by atoms with Gasteiger partial charge in [-0.3, -0.25) is 9.78 Å². The van der Waals surface area contributed by atoms with Crippen LogP contribution in [0.3, 0.4) is 0 Å². The van der Waals surface area contributed by atoms with Gasteiger partial charge in [-0.05, 0) is 38.1 Å². The summed E-state index contributed by atoms with van der Waals surface area (Å²) in [5, 5.41) is 3.80. The summed E-state index contributed by atoms with van der Waals surface area (Å²) in [6.07, 6.45) is 1.75. The third-order valence-electron chi connectivity index (χ3n) is 3.64. The number of ether oxygens (including phenoxy) is 1. The zero-order valence-electron chi connectivity index (χ0n) is 14.1. The first-order valence-corrected chi connectivity index (χ1v) is 7.92. The minimum atomic E-state index is -0.190. The maximum atomic E-state index is 12.0. The first-order chi connectivity index (χ1) is 12.1. The molecule has 5 nitrogen and oxygen atoms in total. The molecule has 2 heterocycles. The fraction of sp³-hybridized carbons (Fsp3) is 0.200. The van der Waals surface area contributed by atoms with E-state index in [1.54, 1.807) is 19.2 Å². The van der Waals surface area contributed by atoms with Gasteiger partial charge in [-0.1, -0.05) is 17.9 Å². The highest BCUT2D eigenvalue weighted by Crippen LogP contribution is 2.18. The minimum Gasteiger partial charge on any atom is -0.481 e. The van der Waals surface area contributed by atoms with Gasteiger partial charge in [-0.25, -0.2) is 0 Å². The highest BCUT2D eigenvalue weighted by molar-refractivity contribution is 5.95. The van der Waals surface area contributed by atoms with E-state index in [2.05, 4.69) is 22.1 Å². The molecule has 25 heavy (non-hydrogen) atoms. The predicted octanol–water partition coefficient (Wildman–Crippen LogP) is 3.26. The first kappa shape index (κ1) is 16.6. The number of nitrogens with one attached hydrogen (secondary N) is 1. The van der Waals surface area contributed by atoms with Crippen molar-refractivity contribution in [3.8, 4) is 17.6 Å². The number of rotatable bonds is 4. The van der Waals surface area contributed by atoms with Crippen LogP contribution in [0.25, 0.3) is 10.9 Å². The number of carbonyl (C=O) groups excluding carboxylic acids is 1. The number of hydrogen-bond donors (Lipinski definition) is 1. The summed E-state index contributed by atoms with van der Waals surface area (Å²) in [4.78, 5) is 16.3. The Kier molecular flexibility index (Phi) is 5.00. The Hall–Kier alpha value is -3.26. The molecule has 0 radical (unpaired) electrons. The van der Waals surface area contributed by atoms with Crippen molar-refractivity contribution >= 4 is 16.8 Å². The van der Waals surface area contributed by atoms with Crippen molar-refractivity contribution in [2.75, 3.05) is 13.2 Å². The van der Waals surface area contributed by atoms with Crippen LogP contribution < -0.4 is 10.1 Å². The molecule has 0 saturated carbocycles. The number of aryl methyl sites for hydroxylation is 2. The lowest BCUT2D eigenvalue weighted by Crippen LogP contribution is -2.23. The largest absolute Gasteiger partial charge is 0.481 e. The molecule has 2 aromatic heterocycles. The Morgan fingerprint density at radius 3 is 2.92 bits per heavy atom. The number of benzene rings is 1. The third-order valence-corrected chi connectivity index (χ3v) is 3.64. The lowest BCUT2D eigenvalue weighted by molar-refractivity contribution is 0.0957. The van der Waals surface area contributed by atoms with Gasteiger partial charge in [0.25, 0.3) is 5.91 Å². The van der Waals surface area contributed by atoms with E-state index in [1.807, 2.05) is 37.3 Å². The van der Waals surface area contributed by atoms with Gasteiger partial charge in [0.1, 0.15) is 23.9 Å². The SMILES string of the molecule is Cc1cc(C(=O)NCC#CCOc2ccc3cccnc3c2)c(C)o1. The molecule has 3 aromatic rings. The number of amides is 1. The Bertz CT molecular complexity index is 964. The molecule has 1 amide bonds. The maximum absolute atomic E-state index is 12.0. The van der Waals surface area contributed by atoms with Gasteiger partial charge in [-0.2, -0.15) is 0 Å². The molecule has 0 aliphatic heterocycles. The van der Waals surface area contributed by atoms with Crippen LogP contribution in [-0.2, 0) is 0 Å². The van der Waals surface area contributed by atoms with Crippen molar-refractivity contribution in [2.24, 2.45) is 0 Å². The zero-order chi connectivity index (χ0) is 17.6. The number of fused-ring (bicyclic) bond motifs is 1. The molecule has 0 aliphatic rings. The average molecular weight is 334 g/mol. The average Bonchev–Trinajstić information content (AvgIpc) is 2.96. The van der Waals surface area contributed by atoms with Crippen molar-refractivity contribution in [2.45, 2.75) is 13.8 Å². The molecule has 1 aromatic carbocycles. The van der Waals surface area contributed by atoms with Crippen molar-refractivity contribution in [3.05, 3.63) is 59.7 Å². The van der Waals surface area contributed by atoms with Crippen LogP contribution in [0.5, 0.6) is 5.75 Å². The molecule has 0 unspecified atom stereocenters. The molecule has 0 fully saturated rings. The Labute approximate surface area is 146 Å². The molecule has 0 spiro atoms. The van der Waals surface area contributed by atoms with Crippen LogP contribution in [0, 0.1) is 25.7 Å². The van der Waals surface area contributed by atoms with Crippen LogP contribution in [0.15, 0.2) is 47.0 Å². The summed E-state index contributed by atoms with van der Waals surface area (Å²) in [5.41, 5.74) is 1.42. The lowest BCUT2D eigenvalue weighted by atomic mass is 10.2. The molecule has 0 bridgehead atoms. The van der Waals surface area contributed by atoms with Gasteiger partial charge >= 0.3 is 0 Å². The van der Waals surface area contributed by atoms with Gasteiger partial charge in [0, 0.05) is 17.6 Å². The summed E-state index contributed by atoms with van der Waals surface area (Å²) in [7, 11) is 0. The minimum absolute atomic E-state index is 0.190. The number of pyridine rings is 1. The molecule has 0 saturated heterocycles. The lowest BCUT2D eigenvalue weighted by Gasteiger charge is -2.03. The number of hydrogen-bond acceptors (Lipinski definition) is 4. The molecule has 0 aliphatic carbocycles. The molecule has 3 rings (SSSR count). The van der Waals surface area contributed by atoms with Gasteiger partial charge in [0.05, 0.1) is 17.6 Å². The Morgan fingerprint density at radius 2 is 2.12 bits per heavy atom. The number of aromatic nitrogens is 1. The van der Waals surface area contributed by atoms with E-state index in [0.29, 0.717) is 22.8 Å². The summed E-state index contributed by atoms with van der Waals surface area (Å²) in [6, 6.07) is 11.3. The van der Waals surface area contributed by atoms with Crippen LogP contribution in [0.4, 0.5) is 0 Å². The summed E-state index contributed by atoms with van der Waals surface area (Å²) in [5.74, 6) is 7.59. The van der Waals surface area contributed by atoms with E-state index in [1.165, 1.54) is 0 Å². The van der Waals surface area contributed by atoms with Crippen molar-refractivity contribution in [1.29, 1.82) is 0 Å². The summed E-state index contributed by atoms with van der Waals surface area (Å²) in [6.45, 7) is 4.08. The monoisotopic (exact) mass is 334 g/mol. The van der Waals surface area contributed by atoms with E-state index in [0.717, 1.165) is 10.9 Å². The highest BCUT2D eigenvalue weighted by atomic mass is 16.5. The van der Waals surface area contributed by atoms with Gasteiger partial charge in [0.2, 0.25) is 0 Å². The normalized spacial score (nSPS) is 10.2. The second kappa shape index (κ2) is 7.54. The molecule has 0 atom stereocenters. The van der Waals surface area contributed by atoms with Crippen molar-refractivity contribution < 1.29 is 13.9 Å². The third kappa shape index (κ3) is 4.18. The van der Waals surface area contributed by atoms with Crippen molar-refractivity contribution in [1.82, 2.24) is 10.3 Å². The van der Waals surface area contributed by atoms with Gasteiger partial charge in [0.15, 0.2) is 0 Å². The number of nitrogens with zero attached hydrogens (tertiary/aromatic N) is 1. The second-order valence-corrected chi connectivity index (χ2v) is 5.51. The fourth-order valence-corrected chi connectivity index (χ4v) is 2.44. The fourth-order valence-electron chi connectivity index (χ4n) is 2.44. The molecular formula is C20H18N2O3. The summed E-state index contributed by atoms with van der Waals surface area (Å²) < 4.78 is 10.9. The Morgan fingerprint density at radius 1 is 1.24 bits per heavy atom. The van der Waals surface area contributed by atoms with Crippen LogP contribution in [-0.4, -0.2) is 24.0 Å². The smallest absolute Gasteiger partial charge is 0.255 e. The Balaban J connectivity index is 1.48. The predicted molar refractivity (Wildman–Crippen MR) is 95.5 cm³/mol. The van der Waals surface area contributed by atoms with Gasteiger partial charge in [-0.15, -0.1) is 0 Å². The van der Waals surface area contributed by atoms with E-state index < -0.39 is 0 Å². The maximum Gasteiger partial charge on any atom is 0.255 e. The van der Waals surface area contributed by atoms with Crippen LogP contribution in [0.1, 0.15) is 21.9 Å². The van der Waals surface area contributed by atoms with Crippen LogP contribution >= 0.6 is 0 Å².